The Labute approximate surface area is 188 Å². The average molecular weight is 481 g/mol. The van der Waals surface area contributed by atoms with Gasteiger partial charge in [0, 0.05) is 24.8 Å². The van der Waals surface area contributed by atoms with Crippen molar-refractivity contribution in [2.45, 2.75) is 17.9 Å². The summed E-state index contributed by atoms with van der Waals surface area (Å²) in [4.78, 5) is 34.5. The number of halogens is 1. The van der Waals surface area contributed by atoms with Crippen LogP contribution in [0.4, 0.5) is 15.8 Å². The van der Waals surface area contributed by atoms with E-state index in [1.54, 1.807) is 0 Å². The molecular formula is C20H20FN3O8S. The Morgan fingerprint density at radius 3 is 2.42 bits per heavy atom. The SMILES string of the molecule is CC(OC(=O)c1ccc(S(=O)(=O)N2CCOCC2)cc1)C(=O)Nc1ccc(F)c([N+](=O)[O-])c1. The van der Waals surface area contributed by atoms with Gasteiger partial charge in [-0.05, 0) is 43.3 Å². The van der Waals surface area contributed by atoms with Gasteiger partial charge in [0.15, 0.2) is 6.10 Å². The third-order valence-corrected chi connectivity index (χ3v) is 6.67. The molecule has 0 radical (unpaired) electrons. The maximum Gasteiger partial charge on any atom is 0.338 e. The Kier molecular flexibility index (Phi) is 7.36. The van der Waals surface area contributed by atoms with E-state index in [1.165, 1.54) is 35.5 Å². The van der Waals surface area contributed by atoms with Gasteiger partial charge in [-0.2, -0.15) is 8.70 Å². The van der Waals surface area contributed by atoms with E-state index in [-0.39, 0.29) is 29.2 Å². The van der Waals surface area contributed by atoms with Gasteiger partial charge in [-0.15, -0.1) is 0 Å². The van der Waals surface area contributed by atoms with Crippen LogP contribution in [0, 0.1) is 15.9 Å². The molecule has 1 aliphatic rings. The lowest BCUT2D eigenvalue weighted by atomic mass is 10.2. The molecule has 11 nitrogen and oxygen atoms in total. The number of rotatable bonds is 7. The molecule has 1 heterocycles. The summed E-state index contributed by atoms with van der Waals surface area (Å²) in [5.41, 5.74) is -0.841. The number of benzene rings is 2. The van der Waals surface area contributed by atoms with Crippen LogP contribution in [0.15, 0.2) is 47.4 Å². The lowest BCUT2D eigenvalue weighted by Gasteiger charge is -2.26. The predicted molar refractivity (Wildman–Crippen MR) is 113 cm³/mol. The molecule has 0 aromatic heterocycles. The first-order valence-electron chi connectivity index (χ1n) is 9.73. The summed E-state index contributed by atoms with van der Waals surface area (Å²) in [7, 11) is -3.73. The van der Waals surface area contributed by atoms with E-state index in [0.29, 0.717) is 13.2 Å². The molecule has 1 saturated heterocycles. The number of nitrogens with one attached hydrogen (secondary N) is 1. The molecule has 176 valence electrons. The number of sulfonamides is 1. The van der Waals surface area contributed by atoms with E-state index in [1.807, 2.05) is 0 Å². The number of anilines is 1. The van der Waals surface area contributed by atoms with Crippen molar-refractivity contribution >= 4 is 33.3 Å². The Morgan fingerprint density at radius 2 is 1.82 bits per heavy atom. The molecule has 0 bridgehead atoms. The number of carbonyl (C=O) groups excluding carboxylic acids is 2. The molecule has 0 saturated carbocycles. The highest BCUT2D eigenvalue weighted by molar-refractivity contribution is 7.89. The fourth-order valence-electron chi connectivity index (χ4n) is 2.96. The van der Waals surface area contributed by atoms with Crippen LogP contribution in [0.2, 0.25) is 0 Å². The van der Waals surface area contributed by atoms with E-state index in [9.17, 15) is 32.5 Å². The summed E-state index contributed by atoms with van der Waals surface area (Å²) in [6, 6.07) is 7.87. The van der Waals surface area contributed by atoms with Crippen molar-refractivity contribution in [2.75, 3.05) is 31.6 Å². The summed E-state index contributed by atoms with van der Waals surface area (Å²) < 4.78 is 50.2. The second kappa shape index (κ2) is 10.0. The number of nitrogens with zero attached hydrogens (tertiary/aromatic N) is 2. The van der Waals surface area contributed by atoms with E-state index < -0.39 is 44.4 Å². The molecule has 33 heavy (non-hydrogen) atoms. The minimum atomic E-state index is -3.73. The molecule has 3 rings (SSSR count). The van der Waals surface area contributed by atoms with Gasteiger partial charge < -0.3 is 14.8 Å². The number of ether oxygens (including phenoxy) is 2. The standard InChI is InChI=1S/C20H20FN3O8S/c1-13(19(25)22-15-4-7-17(21)18(12-15)24(27)28)32-20(26)14-2-5-16(6-3-14)33(29,30)23-8-10-31-11-9-23/h2-7,12-13H,8-11H2,1H3,(H,22,25). The summed E-state index contributed by atoms with van der Waals surface area (Å²) in [5, 5.41) is 13.1. The highest BCUT2D eigenvalue weighted by Crippen LogP contribution is 2.22. The Bertz CT molecular complexity index is 1160. The molecule has 1 fully saturated rings. The summed E-state index contributed by atoms with van der Waals surface area (Å²) >= 11 is 0. The number of morpholine rings is 1. The fraction of sp³-hybridized carbons (Fsp3) is 0.300. The second-order valence-corrected chi connectivity index (χ2v) is 8.94. The second-order valence-electron chi connectivity index (χ2n) is 7.00. The Hall–Kier alpha value is -3.42. The summed E-state index contributed by atoms with van der Waals surface area (Å²) in [5.74, 6) is -2.73. The van der Waals surface area contributed by atoms with Crippen molar-refractivity contribution in [1.29, 1.82) is 0 Å². The van der Waals surface area contributed by atoms with Gasteiger partial charge in [0.05, 0.1) is 28.6 Å². The minimum Gasteiger partial charge on any atom is -0.449 e. The molecule has 0 spiro atoms. The first-order chi connectivity index (χ1) is 15.6. The minimum absolute atomic E-state index is 0.00430. The quantitative estimate of drug-likeness (QED) is 0.359. The summed E-state index contributed by atoms with van der Waals surface area (Å²) in [6.45, 7) is 2.35. The zero-order valence-corrected chi connectivity index (χ0v) is 18.2. The smallest absolute Gasteiger partial charge is 0.338 e. The van der Waals surface area contributed by atoms with Gasteiger partial charge in [-0.3, -0.25) is 14.9 Å². The zero-order chi connectivity index (χ0) is 24.2. The lowest BCUT2D eigenvalue weighted by molar-refractivity contribution is -0.387. The van der Waals surface area contributed by atoms with Crippen molar-refractivity contribution in [3.8, 4) is 0 Å². The Balaban J connectivity index is 1.63. The van der Waals surface area contributed by atoms with Crippen LogP contribution >= 0.6 is 0 Å². The molecule has 1 N–H and O–H groups in total. The average Bonchev–Trinajstić information content (AvgIpc) is 2.80. The van der Waals surface area contributed by atoms with Crippen LogP contribution in [0.1, 0.15) is 17.3 Å². The van der Waals surface area contributed by atoms with Gasteiger partial charge in [0.2, 0.25) is 15.8 Å². The van der Waals surface area contributed by atoms with Crippen LogP contribution in [-0.2, 0) is 24.3 Å². The normalized spacial score (nSPS) is 15.5. The monoisotopic (exact) mass is 481 g/mol. The van der Waals surface area contributed by atoms with Crippen LogP contribution in [0.3, 0.4) is 0 Å². The largest absolute Gasteiger partial charge is 0.449 e. The third-order valence-electron chi connectivity index (χ3n) is 4.76. The number of amides is 1. The van der Waals surface area contributed by atoms with Crippen LogP contribution < -0.4 is 5.32 Å². The summed E-state index contributed by atoms with van der Waals surface area (Å²) in [6.07, 6.45) is -1.29. The molecule has 1 unspecified atom stereocenters. The highest BCUT2D eigenvalue weighted by Gasteiger charge is 2.27. The predicted octanol–water partition coefficient (Wildman–Crippen LogP) is 1.94. The van der Waals surface area contributed by atoms with E-state index in [0.717, 1.165) is 18.2 Å². The molecule has 1 amide bonds. The van der Waals surface area contributed by atoms with E-state index >= 15 is 0 Å². The van der Waals surface area contributed by atoms with Gasteiger partial charge >= 0.3 is 11.7 Å². The van der Waals surface area contributed by atoms with Crippen molar-refractivity contribution in [3.05, 3.63) is 64.0 Å². The molecule has 0 aliphatic carbocycles. The van der Waals surface area contributed by atoms with Gasteiger partial charge in [0.25, 0.3) is 5.91 Å². The lowest BCUT2D eigenvalue weighted by Crippen LogP contribution is -2.40. The maximum atomic E-state index is 13.4. The van der Waals surface area contributed by atoms with Gasteiger partial charge in [-0.25, -0.2) is 13.2 Å². The number of hydrogen-bond donors (Lipinski definition) is 1. The van der Waals surface area contributed by atoms with Gasteiger partial charge in [-0.1, -0.05) is 0 Å². The third kappa shape index (κ3) is 5.69. The first-order valence-corrected chi connectivity index (χ1v) is 11.2. The van der Waals surface area contributed by atoms with Crippen molar-refractivity contribution in [1.82, 2.24) is 4.31 Å². The number of esters is 1. The Morgan fingerprint density at radius 1 is 1.18 bits per heavy atom. The highest BCUT2D eigenvalue weighted by atomic mass is 32.2. The molecule has 2 aromatic rings. The van der Waals surface area contributed by atoms with Crippen LogP contribution in [0.25, 0.3) is 0 Å². The number of carbonyl (C=O) groups is 2. The fourth-order valence-corrected chi connectivity index (χ4v) is 4.36. The van der Waals surface area contributed by atoms with Crippen LogP contribution in [0.5, 0.6) is 0 Å². The molecular weight excluding hydrogens is 461 g/mol. The van der Waals surface area contributed by atoms with Gasteiger partial charge in [0.1, 0.15) is 0 Å². The molecule has 1 aliphatic heterocycles. The molecule has 2 aromatic carbocycles. The number of nitro benzene ring substituents is 1. The van der Waals surface area contributed by atoms with Crippen LogP contribution in [-0.4, -0.2) is 61.9 Å². The number of nitro groups is 1. The van der Waals surface area contributed by atoms with Crippen molar-refractivity contribution in [2.24, 2.45) is 0 Å². The van der Waals surface area contributed by atoms with Crippen molar-refractivity contribution in [3.63, 3.8) is 0 Å². The molecule has 1 atom stereocenters. The van der Waals surface area contributed by atoms with Crippen molar-refractivity contribution < 1.29 is 36.8 Å². The van der Waals surface area contributed by atoms with E-state index in [2.05, 4.69) is 5.32 Å². The number of hydrogen-bond acceptors (Lipinski definition) is 8. The first kappa shape index (κ1) is 24.2. The topological polar surface area (TPSA) is 145 Å². The molecule has 13 heteroatoms. The maximum absolute atomic E-state index is 13.4. The zero-order valence-electron chi connectivity index (χ0n) is 17.4. The van der Waals surface area contributed by atoms with E-state index in [4.69, 9.17) is 9.47 Å².